The molecule has 120 valence electrons. The molecule has 2 unspecified atom stereocenters. The number of benzene rings is 1. The van der Waals surface area contributed by atoms with E-state index in [1.807, 2.05) is 0 Å². The second kappa shape index (κ2) is 5.58. The number of nitro benzene ring substituents is 1. The Labute approximate surface area is 134 Å². The van der Waals surface area contributed by atoms with Gasteiger partial charge in [-0.2, -0.15) is 0 Å². The molecule has 1 heterocycles. The van der Waals surface area contributed by atoms with Crippen molar-refractivity contribution < 1.29 is 14.5 Å². The number of hydrogen-bond acceptors (Lipinski definition) is 4. The van der Waals surface area contributed by atoms with Crippen LogP contribution in [-0.4, -0.2) is 35.9 Å². The van der Waals surface area contributed by atoms with Gasteiger partial charge in [0.15, 0.2) is 5.75 Å². The first-order valence-corrected chi connectivity index (χ1v) is 7.58. The maximum Gasteiger partial charge on any atom is 0.310 e. The highest BCUT2D eigenvalue weighted by atomic mass is 16.6. The molecule has 23 heavy (non-hydrogen) atoms. The van der Waals surface area contributed by atoms with Crippen LogP contribution in [0.2, 0.25) is 0 Å². The molecular weight excluding hydrogens is 296 g/mol. The van der Waals surface area contributed by atoms with E-state index < -0.39 is 4.92 Å². The van der Waals surface area contributed by atoms with Gasteiger partial charge in [0, 0.05) is 42.1 Å². The van der Waals surface area contributed by atoms with Gasteiger partial charge in [-0.05, 0) is 25.3 Å². The molecule has 6 heteroatoms. The molecule has 1 amide bonds. The number of amides is 1. The summed E-state index contributed by atoms with van der Waals surface area (Å²) in [5.41, 5.74) is 0.351. The van der Waals surface area contributed by atoms with Crippen LogP contribution in [0.5, 0.6) is 5.75 Å². The predicted molar refractivity (Wildman–Crippen MR) is 84.2 cm³/mol. The second-order valence-electron chi connectivity index (χ2n) is 6.26. The number of methoxy groups -OCH3 is 1. The molecule has 1 saturated carbocycles. The molecule has 0 bridgehead atoms. The first kappa shape index (κ1) is 15.3. The van der Waals surface area contributed by atoms with Crippen molar-refractivity contribution in [3.63, 3.8) is 0 Å². The quantitative estimate of drug-likeness (QED) is 0.488. The fourth-order valence-corrected chi connectivity index (χ4v) is 3.51. The van der Waals surface area contributed by atoms with Crippen molar-refractivity contribution in [3.05, 3.63) is 33.9 Å². The molecule has 3 rings (SSSR count). The number of carbonyl (C=O) groups is 1. The van der Waals surface area contributed by atoms with Gasteiger partial charge in [0.1, 0.15) is 0 Å². The summed E-state index contributed by atoms with van der Waals surface area (Å²) in [6.45, 7) is 1.36. The molecule has 2 atom stereocenters. The van der Waals surface area contributed by atoms with Crippen LogP contribution in [0.15, 0.2) is 18.2 Å². The van der Waals surface area contributed by atoms with Crippen LogP contribution in [0.25, 0.3) is 0 Å². The second-order valence-corrected chi connectivity index (χ2v) is 6.26. The number of hydrogen-bond donors (Lipinski definition) is 0. The summed E-state index contributed by atoms with van der Waals surface area (Å²) < 4.78 is 5.03. The minimum atomic E-state index is -0.523. The molecule has 0 radical (unpaired) electrons. The highest BCUT2D eigenvalue weighted by molar-refractivity contribution is 5.95. The summed E-state index contributed by atoms with van der Waals surface area (Å²) >= 11 is 0. The summed E-state index contributed by atoms with van der Waals surface area (Å²) in [7, 11) is 1.36. The van der Waals surface area contributed by atoms with Crippen LogP contribution in [0.4, 0.5) is 5.69 Å². The van der Waals surface area contributed by atoms with Crippen molar-refractivity contribution in [1.82, 2.24) is 4.90 Å². The Bertz CT molecular complexity index is 709. The normalized spacial score (nSPS) is 25.7. The molecule has 0 N–H and O–H groups in total. The highest BCUT2D eigenvalue weighted by Crippen LogP contribution is 2.57. The number of ether oxygens (including phenoxy) is 1. The summed E-state index contributed by atoms with van der Waals surface area (Å²) in [5.74, 6) is 3.04. The largest absolute Gasteiger partial charge is 0.490 e. The van der Waals surface area contributed by atoms with Gasteiger partial charge in [0.05, 0.1) is 12.0 Å². The Hall–Kier alpha value is -2.55. The first-order valence-electron chi connectivity index (χ1n) is 7.58. The third-order valence-corrected chi connectivity index (χ3v) is 4.91. The minimum Gasteiger partial charge on any atom is -0.490 e. The molecule has 1 aromatic rings. The SMILES string of the molecule is C#CC1CC12CCCN(C(=O)c1ccc([N+](=O)[O-])c(OC)c1)C2. The van der Waals surface area contributed by atoms with Crippen LogP contribution < -0.4 is 4.74 Å². The maximum atomic E-state index is 12.7. The molecule has 1 saturated heterocycles. The van der Waals surface area contributed by atoms with Gasteiger partial charge < -0.3 is 9.64 Å². The molecule has 1 spiro atoms. The van der Waals surface area contributed by atoms with Gasteiger partial charge in [0.2, 0.25) is 0 Å². The number of terminal acetylenes is 1. The number of nitro groups is 1. The molecule has 1 aromatic carbocycles. The Morgan fingerprint density at radius 2 is 2.35 bits per heavy atom. The fourth-order valence-electron chi connectivity index (χ4n) is 3.51. The molecule has 0 aromatic heterocycles. The van der Waals surface area contributed by atoms with Crippen LogP contribution >= 0.6 is 0 Å². The topological polar surface area (TPSA) is 72.7 Å². The van der Waals surface area contributed by atoms with Crippen molar-refractivity contribution in [1.29, 1.82) is 0 Å². The van der Waals surface area contributed by atoms with Gasteiger partial charge in [-0.25, -0.2) is 0 Å². The minimum absolute atomic E-state index is 0.0908. The molecule has 2 fully saturated rings. The molecule has 2 aliphatic rings. The number of carbonyl (C=O) groups excluding carboxylic acids is 1. The summed E-state index contributed by atoms with van der Waals surface area (Å²) in [4.78, 5) is 24.9. The summed E-state index contributed by atoms with van der Waals surface area (Å²) in [6, 6.07) is 4.23. The highest BCUT2D eigenvalue weighted by Gasteiger charge is 2.55. The van der Waals surface area contributed by atoms with E-state index >= 15 is 0 Å². The van der Waals surface area contributed by atoms with E-state index in [-0.39, 0.29) is 28.7 Å². The zero-order chi connectivity index (χ0) is 16.6. The molecule has 6 nitrogen and oxygen atoms in total. The van der Waals surface area contributed by atoms with Gasteiger partial charge in [0.25, 0.3) is 5.91 Å². The van der Waals surface area contributed by atoms with E-state index in [2.05, 4.69) is 5.92 Å². The van der Waals surface area contributed by atoms with Gasteiger partial charge in [-0.1, -0.05) is 0 Å². The smallest absolute Gasteiger partial charge is 0.310 e. The lowest BCUT2D eigenvalue weighted by atomic mass is 9.92. The average molecular weight is 314 g/mol. The zero-order valence-corrected chi connectivity index (χ0v) is 12.9. The van der Waals surface area contributed by atoms with Crippen molar-refractivity contribution in [3.8, 4) is 18.1 Å². The third kappa shape index (κ3) is 2.63. The summed E-state index contributed by atoms with van der Waals surface area (Å²) in [5, 5.41) is 10.9. The van der Waals surface area contributed by atoms with E-state index in [0.29, 0.717) is 18.7 Å². The lowest BCUT2D eigenvalue weighted by molar-refractivity contribution is -0.385. The third-order valence-electron chi connectivity index (χ3n) is 4.91. The van der Waals surface area contributed by atoms with Gasteiger partial charge in [-0.15, -0.1) is 12.3 Å². The van der Waals surface area contributed by atoms with Gasteiger partial charge in [-0.3, -0.25) is 14.9 Å². The van der Waals surface area contributed by atoms with Crippen molar-refractivity contribution in [2.24, 2.45) is 11.3 Å². The van der Waals surface area contributed by atoms with E-state index in [0.717, 1.165) is 19.3 Å². The predicted octanol–water partition coefficient (Wildman–Crippen LogP) is 2.48. The maximum absolute atomic E-state index is 12.7. The van der Waals surface area contributed by atoms with Gasteiger partial charge >= 0.3 is 5.69 Å². The summed E-state index contributed by atoms with van der Waals surface area (Å²) in [6.07, 6.45) is 8.51. The number of likely N-dealkylation sites (tertiary alicyclic amines) is 1. The van der Waals surface area contributed by atoms with Crippen molar-refractivity contribution in [2.75, 3.05) is 20.2 Å². The Balaban J connectivity index is 1.81. The van der Waals surface area contributed by atoms with Crippen LogP contribution in [0.1, 0.15) is 29.6 Å². The standard InChI is InChI=1S/C17H18N2O4/c1-3-13-10-17(13)7-4-8-18(11-17)16(20)12-5-6-14(19(21)22)15(9-12)23-2/h1,5-6,9,13H,4,7-8,10-11H2,2H3. The number of piperidine rings is 1. The number of nitrogens with zero attached hydrogens (tertiary/aromatic N) is 2. The Kier molecular flexibility index (Phi) is 3.72. The van der Waals surface area contributed by atoms with Crippen molar-refractivity contribution >= 4 is 11.6 Å². The van der Waals surface area contributed by atoms with E-state index in [4.69, 9.17) is 11.2 Å². The van der Waals surface area contributed by atoms with E-state index in [1.165, 1.54) is 25.3 Å². The van der Waals surface area contributed by atoms with Crippen molar-refractivity contribution in [2.45, 2.75) is 19.3 Å². The van der Waals surface area contributed by atoms with E-state index in [9.17, 15) is 14.9 Å². The molecular formula is C17H18N2O4. The zero-order valence-electron chi connectivity index (χ0n) is 12.9. The van der Waals surface area contributed by atoms with E-state index in [1.54, 1.807) is 4.90 Å². The number of rotatable bonds is 3. The molecule has 1 aliphatic carbocycles. The average Bonchev–Trinajstić information content (AvgIpc) is 3.25. The lowest BCUT2D eigenvalue weighted by Crippen LogP contribution is -2.41. The first-order chi connectivity index (χ1) is 11.0. The monoisotopic (exact) mass is 314 g/mol. The van der Waals surface area contributed by atoms with Crippen LogP contribution in [0.3, 0.4) is 0 Å². The lowest BCUT2D eigenvalue weighted by Gasteiger charge is -2.33. The molecule has 1 aliphatic heterocycles. The Morgan fingerprint density at radius 3 is 2.96 bits per heavy atom. The Morgan fingerprint density at radius 1 is 1.57 bits per heavy atom. The van der Waals surface area contributed by atoms with Crippen LogP contribution in [0, 0.1) is 33.8 Å². The van der Waals surface area contributed by atoms with Crippen LogP contribution in [-0.2, 0) is 0 Å². The fraction of sp³-hybridized carbons (Fsp3) is 0.471.